The van der Waals surface area contributed by atoms with Gasteiger partial charge in [-0.15, -0.1) is 0 Å². The molecule has 0 saturated heterocycles. The smallest absolute Gasteiger partial charge is 0.257 e. The van der Waals surface area contributed by atoms with Gasteiger partial charge in [0.05, 0.1) is 27.0 Å². The molecule has 0 bridgehead atoms. The Bertz CT molecular complexity index is 747. The minimum atomic E-state index is -0.256. The molecule has 2 rings (SSSR count). The van der Waals surface area contributed by atoms with Gasteiger partial charge in [-0.05, 0) is 32.4 Å². The van der Waals surface area contributed by atoms with Gasteiger partial charge in [0.15, 0.2) is 17.3 Å². The van der Waals surface area contributed by atoms with Crippen LogP contribution in [-0.2, 0) is 4.74 Å². The molecule has 148 valence electrons. The maximum absolute atomic E-state index is 12.6. The number of hydrogen-bond acceptors (Lipinski definition) is 7. The van der Waals surface area contributed by atoms with E-state index in [9.17, 15) is 4.79 Å². The van der Waals surface area contributed by atoms with Crippen LogP contribution in [0.2, 0.25) is 0 Å². The van der Waals surface area contributed by atoms with E-state index < -0.39 is 0 Å². The van der Waals surface area contributed by atoms with Gasteiger partial charge in [-0.3, -0.25) is 4.79 Å². The molecule has 8 nitrogen and oxygen atoms in total. The quantitative estimate of drug-likeness (QED) is 0.636. The zero-order valence-electron chi connectivity index (χ0n) is 16.4. The number of carbonyl (C=O) groups is 1. The number of ether oxygens (including phenoxy) is 4. The van der Waals surface area contributed by atoms with Crippen molar-refractivity contribution >= 4 is 5.91 Å². The van der Waals surface area contributed by atoms with Gasteiger partial charge in [0.1, 0.15) is 5.56 Å². The second-order valence-electron chi connectivity index (χ2n) is 5.69. The van der Waals surface area contributed by atoms with Crippen LogP contribution in [0.25, 0.3) is 11.3 Å². The van der Waals surface area contributed by atoms with Crippen LogP contribution in [0.4, 0.5) is 0 Å². The third kappa shape index (κ3) is 4.71. The number of nitrogens with one attached hydrogen (secondary N) is 1. The molecule has 0 saturated carbocycles. The third-order valence-electron chi connectivity index (χ3n) is 3.97. The number of aromatic nitrogens is 1. The van der Waals surface area contributed by atoms with E-state index in [1.54, 1.807) is 19.1 Å². The average molecular weight is 378 g/mol. The van der Waals surface area contributed by atoms with E-state index in [0.29, 0.717) is 59.6 Å². The summed E-state index contributed by atoms with van der Waals surface area (Å²) in [5.74, 6) is 1.47. The second kappa shape index (κ2) is 9.82. The number of carbonyl (C=O) groups excluding carboxylic acids is 1. The highest BCUT2D eigenvalue weighted by Gasteiger charge is 2.24. The Morgan fingerprint density at radius 1 is 1.15 bits per heavy atom. The van der Waals surface area contributed by atoms with Gasteiger partial charge < -0.3 is 28.8 Å². The minimum absolute atomic E-state index is 0.256. The Morgan fingerprint density at radius 3 is 2.37 bits per heavy atom. The Labute approximate surface area is 158 Å². The van der Waals surface area contributed by atoms with Crippen LogP contribution in [0.1, 0.15) is 29.4 Å². The molecule has 1 aromatic carbocycles. The Kier molecular flexibility index (Phi) is 7.48. The van der Waals surface area contributed by atoms with Crippen molar-refractivity contribution in [1.29, 1.82) is 0 Å². The van der Waals surface area contributed by atoms with Crippen molar-refractivity contribution in [2.75, 3.05) is 41.1 Å². The lowest BCUT2D eigenvalue weighted by molar-refractivity contribution is 0.0944. The predicted octanol–water partition coefficient (Wildman–Crippen LogP) is 2.83. The van der Waals surface area contributed by atoms with Crippen molar-refractivity contribution in [3.63, 3.8) is 0 Å². The van der Waals surface area contributed by atoms with E-state index in [1.807, 2.05) is 6.92 Å². The first-order valence-corrected chi connectivity index (χ1v) is 8.69. The van der Waals surface area contributed by atoms with Crippen molar-refractivity contribution in [3.8, 4) is 28.6 Å². The summed E-state index contributed by atoms with van der Waals surface area (Å²) in [5.41, 5.74) is 1.48. The normalized spacial score (nSPS) is 10.6. The summed E-state index contributed by atoms with van der Waals surface area (Å²) < 4.78 is 26.8. The second-order valence-corrected chi connectivity index (χ2v) is 5.69. The summed E-state index contributed by atoms with van der Waals surface area (Å²) in [6, 6.07) is 3.43. The van der Waals surface area contributed by atoms with Gasteiger partial charge in [-0.1, -0.05) is 5.16 Å². The maximum atomic E-state index is 12.6. The topological polar surface area (TPSA) is 92.1 Å². The van der Waals surface area contributed by atoms with Crippen LogP contribution in [0, 0.1) is 6.92 Å². The summed E-state index contributed by atoms with van der Waals surface area (Å²) in [6.45, 7) is 5.41. The van der Waals surface area contributed by atoms with Gasteiger partial charge in [-0.25, -0.2) is 0 Å². The monoisotopic (exact) mass is 378 g/mol. The molecule has 1 aromatic heterocycles. The van der Waals surface area contributed by atoms with Crippen LogP contribution >= 0.6 is 0 Å². The predicted molar refractivity (Wildman–Crippen MR) is 99.8 cm³/mol. The first kappa shape index (κ1) is 20.6. The van der Waals surface area contributed by atoms with Gasteiger partial charge in [0, 0.05) is 25.3 Å². The van der Waals surface area contributed by atoms with Crippen molar-refractivity contribution in [1.82, 2.24) is 10.5 Å². The SMILES string of the molecule is CCOCCCNC(=O)c1c(C)noc1-c1cc(OC)c(OC)c(OC)c1. The highest BCUT2D eigenvalue weighted by atomic mass is 16.5. The molecule has 0 radical (unpaired) electrons. The lowest BCUT2D eigenvalue weighted by Gasteiger charge is -2.13. The maximum Gasteiger partial charge on any atom is 0.257 e. The van der Waals surface area contributed by atoms with Gasteiger partial charge in [0.2, 0.25) is 5.75 Å². The highest BCUT2D eigenvalue weighted by Crippen LogP contribution is 2.42. The fraction of sp³-hybridized carbons (Fsp3) is 0.474. The van der Waals surface area contributed by atoms with Crippen molar-refractivity contribution in [3.05, 3.63) is 23.4 Å². The summed E-state index contributed by atoms with van der Waals surface area (Å²) in [6.07, 6.45) is 0.726. The molecule has 1 amide bonds. The molecule has 27 heavy (non-hydrogen) atoms. The van der Waals surface area contributed by atoms with E-state index in [1.165, 1.54) is 21.3 Å². The standard InChI is InChI=1S/C19H26N2O6/c1-6-26-9-7-8-20-19(22)16-12(2)21-27-17(16)13-10-14(23-3)18(25-5)15(11-13)24-4/h10-11H,6-9H2,1-5H3,(H,20,22). The zero-order chi connectivity index (χ0) is 19.8. The molecule has 0 aliphatic rings. The van der Waals surface area contributed by atoms with Crippen LogP contribution in [-0.4, -0.2) is 52.2 Å². The molecule has 0 fully saturated rings. The number of aryl methyl sites for hydroxylation is 1. The third-order valence-corrected chi connectivity index (χ3v) is 3.97. The summed E-state index contributed by atoms with van der Waals surface area (Å²) >= 11 is 0. The number of methoxy groups -OCH3 is 3. The molecule has 0 aliphatic heterocycles. The van der Waals surface area contributed by atoms with Gasteiger partial charge in [-0.2, -0.15) is 0 Å². The molecule has 0 atom stereocenters. The first-order chi connectivity index (χ1) is 13.1. The van der Waals surface area contributed by atoms with Crippen LogP contribution in [0.5, 0.6) is 17.2 Å². The molecular weight excluding hydrogens is 352 g/mol. The molecule has 0 aliphatic carbocycles. The van der Waals surface area contributed by atoms with E-state index in [2.05, 4.69) is 10.5 Å². The highest BCUT2D eigenvalue weighted by molar-refractivity contribution is 6.00. The van der Waals surface area contributed by atoms with Crippen LogP contribution < -0.4 is 19.5 Å². The van der Waals surface area contributed by atoms with E-state index in [-0.39, 0.29) is 5.91 Å². The van der Waals surface area contributed by atoms with Gasteiger partial charge in [0.25, 0.3) is 5.91 Å². The molecular formula is C19H26N2O6. The number of amides is 1. The fourth-order valence-electron chi connectivity index (χ4n) is 2.66. The fourth-order valence-corrected chi connectivity index (χ4v) is 2.66. The summed E-state index contributed by atoms with van der Waals surface area (Å²) in [4.78, 5) is 12.6. The van der Waals surface area contributed by atoms with Crippen molar-refractivity contribution in [2.24, 2.45) is 0 Å². The molecule has 2 aromatic rings. The Morgan fingerprint density at radius 2 is 1.81 bits per heavy atom. The molecule has 0 unspecified atom stereocenters. The zero-order valence-corrected chi connectivity index (χ0v) is 16.4. The van der Waals surface area contributed by atoms with Crippen LogP contribution in [0.3, 0.4) is 0 Å². The molecule has 8 heteroatoms. The van der Waals surface area contributed by atoms with Crippen molar-refractivity contribution in [2.45, 2.75) is 20.3 Å². The number of hydrogen-bond donors (Lipinski definition) is 1. The molecule has 1 N–H and O–H groups in total. The van der Waals surface area contributed by atoms with Gasteiger partial charge >= 0.3 is 0 Å². The van der Waals surface area contributed by atoms with E-state index >= 15 is 0 Å². The average Bonchev–Trinajstić information content (AvgIpc) is 3.07. The first-order valence-electron chi connectivity index (χ1n) is 8.69. The largest absolute Gasteiger partial charge is 0.493 e. The van der Waals surface area contributed by atoms with Crippen LogP contribution in [0.15, 0.2) is 16.7 Å². The van der Waals surface area contributed by atoms with E-state index in [4.69, 9.17) is 23.5 Å². The Balaban J connectivity index is 2.31. The van der Waals surface area contributed by atoms with E-state index in [0.717, 1.165) is 6.42 Å². The lowest BCUT2D eigenvalue weighted by Crippen LogP contribution is -2.26. The Hall–Kier alpha value is -2.74. The number of benzene rings is 1. The molecule has 0 spiro atoms. The lowest BCUT2D eigenvalue weighted by atomic mass is 10.0. The number of nitrogens with zero attached hydrogens (tertiary/aromatic N) is 1. The minimum Gasteiger partial charge on any atom is -0.493 e. The summed E-state index contributed by atoms with van der Waals surface area (Å²) in [7, 11) is 4.58. The number of rotatable bonds is 10. The molecule has 1 heterocycles. The van der Waals surface area contributed by atoms with Crippen molar-refractivity contribution < 1.29 is 28.3 Å². The summed E-state index contributed by atoms with van der Waals surface area (Å²) in [5, 5.41) is 6.82.